The van der Waals surface area contributed by atoms with Crippen molar-refractivity contribution in [1.82, 2.24) is 16.0 Å². The maximum absolute atomic E-state index is 11.7. The third kappa shape index (κ3) is 5.73. The molecule has 0 fully saturated rings. The van der Waals surface area contributed by atoms with Crippen molar-refractivity contribution in [1.29, 1.82) is 0 Å². The summed E-state index contributed by atoms with van der Waals surface area (Å²) in [5, 5.41) is 7.71. The number of rotatable bonds is 6. The van der Waals surface area contributed by atoms with Crippen LogP contribution in [0.3, 0.4) is 0 Å². The number of carbonyl (C=O) groups is 2. The molecule has 6 nitrogen and oxygen atoms in total. The van der Waals surface area contributed by atoms with Gasteiger partial charge in [0.2, 0.25) is 0 Å². The number of ether oxygens (including phenoxy) is 1. The van der Waals surface area contributed by atoms with Crippen molar-refractivity contribution in [3.05, 3.63) is 28.2 Å². The predicted octanol–water partition coefficient (Wildman–Crippen LogP) is 1.78. The Bertz CT molecular complexity index is 508. The SMILES string of the molecule is CCNCc1cc(OC(C)C(=O)NC(=O)NC)ccc1Br. The maximum atomic E-state index is 11.7. The molecule has 1 rings (SSSR count). The van der Waals surface area contributed by atoms with Gasteiger partial charge in [0.1, 0.15) is 5.75 Å². The first-order valence-electron chi connectivity index (χ1n) is 6.66. The number of nitrogens with one attached hydrogen (secondary N) is 3. The first-order valence-corrected chi connectivity index (χ1v) is 7.45. The van der Waals surface area contributed by atoms with E-state index in [0.717, 1.165) is 16.6 Å². The summed E-state index contributed by atoms with van der Waals surface area (Å²) < 4.78 is 6.53. The molecule has 1 atom stereocenters. The molecule has 0 aromatic heterocycles. The predicted molar refractivity (Wildman–Crippen MR) is 84.2 cm³/mol. The minimum absolute atomic E-state index is 0.495. The molecule has 0 radical (unpaired) electrons. The maximum Gasteiger partial charge on any atom is 0.321 e. The summed E-state index contributed by atoms with van der Waals surface area (Å²) in [5.74, 6) is 0.0798. The number of benzene rings is 1. The number of hydrogen-bond donors (Lipinski definition) is 3. The molecule has 1 aromatic rings. The van der Waals surface area contributed by atoms with Gasteiger partial charge in [0, 0.05) is 18.1 Å². The molecule has 0 saturated carbocycles. The van der Waals surface area contributed by atoms with E-state index in [4.69, 9.17) is 4.74 Å². The molecule has 0 aliphatic carbocycles. The molecule has 0 heterocycles. The van der Waals surface area contributed by atoms with Crippen LogP contribution in [0.2, 0.25) is 0 Å². The smallest absolute Gasteiger partial charge is 0.321 e. The fraction of sp³-hybridized carbons (Fsp3) is 0.429. The molecule has 1 unspecified atom stereocenters. The fourth-order valence-electron chi connectivity index (χ4n) is 1.55. The van der Waals surface area contributed by atoms with Gasteiger partial charge in [-0.2, -0.15) is 0 Å². The van der Waals surface area contributed by atoms with Crippen molar-refractivity contribution >= 4 is 27.9 Å². The Morgan fingerprint density at radius 2 is 2.10 bits per heavy atom. The highest BCUT2D eigenvalue weighted by Gasteiger charge is 2.17. The van der Waals surface area contributed by atoms with E-state index in [1.54, 1.807) is 13.0 Å². The molecule has 0 bridgehead atoms. The molecule has 3 amide bonds. The molecule has 3 N–H and O–H groups in total. The van der Waals surface area contributed by atoms with Crippen LogP contribution in [0.15, 0.2) is 22.7 Å². The van der Waals surface area contributed by atoms with E-state index in [2.05, 4.69) is 31.9 Å². The Kier molecular flexibility index (Phi) is 7.18. The van der Waals surface area contributed by atoms with Crippen molar-refractivity contribution in [3.63, 3.8) is 0 Å². The summed E-state index contributed by atoms with van der Waals surface area (Å²) in [6.45, 7) is 5.18. The fourth-order valence-corrected chi connectivity index (χ4v) is 1.94. The topological polar surface area (TPSA) is 79.5 Å². The lowest BCUT2D eigenvalue weighted by Gasteiger charge is -2.15. The lowest BCUT2D eigenvalue weighted by molar-refractivity contribution is -0.126. The van der Waals surface area contributed by atoms with Gasteiger partial charge in [-0.1, -0.05) is 22.9 Å². The Hall–Kier alpha value is -1.60. The quantitative estimate of drug-likeness (QED) is 0.724. The standard InChI is InChI=1S/C14H20BrN3O3/c1-4-17-8-10-7-11(5-6-12(10)15)21-9(2)13(19)18-14(20)16-3/h5-7,9,17H,4,8H2,1-3H3,(H2,16,18,19,20). The Morgan fingerprint density at radius 1 is 1.38 bits per heavy atom. The summed E-state index contributed by atoms with van der Waals surface area (Å²) in [6.07, 6.45) is -0.768. The van der Waals surface area contributed by atoms with Crippen LogP contribution in [0.5, 0.6) is 5.75 Å². The number of carbonyl (C=O) groups excluding carboxylic acids is 2. The minimum atomic E-state index is -0.768. The molecule has 0 saturated heterocycles. The molecular formula is C14H20BrN3O3. The second-order valence-corrected chi connectivity index (χ2v) is 5.22. The summed E-state index contributed by atoms with van der Waals surface area (Å²) in [5.41, 5.74) is 1.04. The summed E-state index contributed by atoms with van der Waals surface area (Å²) in [6, 6.07) is 4.93. The van der Waals surface area contributed by atoms with Crippen LogP contribution in [0.4, 0.5) is 4.79 Å². The highest BCUT2D eigenvalue weighted by Crippen LogP contribution is 2.23. The van der Waals surface area contributed by atoms with E-state index in [1.165, 1.54) is 7.05 Å². The zero-order chi connectivity index (χ0) is 15.8. The van der Waals surface area contributed by atoms with Crippen LogP contribution >= 0.6 is 15.9 Å². The zero-order valence-electron chi connectivity index (χ0n) is 12.3. The highest BCUT2D eigenvalue weighted by atomic mass is 79.9. The van der Waals surface area contributed by atoms with E-state index < -0.39 is 18.0 Å². The van der Waals surface area contributed by atoms with E-state index in [9.17, 15) is 9.59 Å². The lowest BCUT2D eigenvalue weighted by Crippen LogP contribution is -2.43. The lowest BCUT2D eigenvalue weighted by atomic mass is 10.2. The van der Waals surface area contributed by atoms with Crippen LogP contribution in [0.25, 0.3) is 0 Å². The van der Waals surface area contributed by atoms with Gasteiger partial charge in [-0.3, -0.25) is 10.1 Å². The normalized spacial score (nSPS) is 11.6. The van der Waals surface area contributed by atoms with E-state index in [0.29, 0.717) is 12.3 Å². The molecule has 7 heteroatoms. The molecule has 0 aliphatic heterocycles. The number of amides is 3. The molecule has 0 spiro atoms. The Labute approximate surface area is 132 Å². The number of urea groups is 1. The summed E-state index contributed by atoms with van der Waals surface area (Å²) >= 11 is 3.47. The largest absolute Gasteiger partial charge is 0.481 e. The van der Waals surface area contributed by atoms with E-state index in [-0.39, 0.29) is 0 Å². The van der Waals surface area contributed by atoms with Gasteiger partial charge in [0.15, 0.2) is 6.10 Å². The van der Waals surface area contributed by atoms with Gasteiger partial charge in [0.05, 0.1) is 0 Å². The van der Waals surface area contributed by atoms with Gasteiger partial charge >= 0.3 is 6.03 Å². The molecule has 21 heavy (non-hydrogen) atoms. The molecule has 116 valence electrons. The first kappa shape index (κ1) is 17.5. The second kappa shape index (κ2) is 8.63. The second-order valence-electron chi connectivity index (χ2n) is 4.36. The summed E-state index contributed by atoms with van der Waals surface area (Å²) in [7, 11) is 1.44. The number of imide groups is 1. The summed E-state index contributed by atoms with van der Waals surface area (Å²) in [4.78, 5) is 22.8. The monoisotopic (exact) mass is 357 g/mol. The molecule has 0 aliphatic rings. The van der Waals surface area contributed by atoms with Gasteiger partial charge in [-0.05, 0) is 37.2 Å². The van der Waals surface area contributed by atoms with Crippen LogP contribution in [-0.4, -0.2) is 31.6 Å². The van der Waals surface area contributed by atoms with Crippen molar-refractivity contribution in [2.45, 2.75) is 26.5 Å². The van der Waals surface area contributed by atoms with Crippen molar-refractivity contribution in [3.8, 4) is 5.75 Å². The third-order valence-electron chi connectivity index (χ3n) is 2.73. The van der Waals surface area contributed by atoms with Gasteiger partial charge in [-0.25, -0.2) is 4.79 Å². The number of halogens is 1. The third-order valence-corrected chi connectivity index (χ3v) is 3.50. The minimum Gasteiger partial charge on any atom is -0.481 e. The van der Waals surface area contributed by atoms with Gasteiger partial charge in [-0.15, -0.1) is 0 Å². The van der Waals surface area contributed by atoms with E-state index in [1.807, 2.05) is 19.1 Å². The average molecular weight is 358 g/mol. The first-order chi connectivity index (χ1) is 9.97. The average Bonchev–Trinajstić information content (AvgIpc) is 2.47. The van der Waals surface area contributed by atoms with Crippen molar-refractivity contribution < 1.29 is 14.3 Å². The Morgan fingerprint density at radius 3 is 2.71 bits per heavy atom. The zero-order valence-corrected chi connectivity index (χ0v) is 13.9. The van der Waals surface area contributed by atoms with E-state index >= 15 is 0 Å². The molecule has 1 aromatic carbocycles. The molecular weight excluding hydrogens is 338 g/mol. The Balaban J connectivity index is 2.69. The highest BCUT2D eigenvalue weighted by molar-refractivity contribution is 9.10. The van der Waals surface area contributed by atoms with Crippen LogP contribution in [-0.2, 0) is 11.3 Å². The van der Waals surface area contributed by atoms with Crippen molar-refractivity contribution in [2.75, 3.05) is 13.6 Å². The van der Waals surface area contributed by atoms with Gasteiger partial charge < -0.3 is 15.4 Å². The van der Waals surface area contributed by atoms with Crippen LogP contribution in [0, 0.1) is 0 Å². The number of hydrogen-bond acceptors (Lipinski definition) is 4. The van der Waals surface area contributed by atoms with Crippen molar-refractivity contribution in [2.24, 2.45) is 0 Å². The van der Waals surface area contributed by atoms with Gasteiger partial charge in [0.25, 0.3) is 5.91 Å². The van der Waals surface area contributed by atoms with Crippen LogP contribution < -0.4 is 20.7 Å². The van der Waals surface area contributed by atoms with Crippen LogP contribution in [0.1, 0.15) is 19.4 Å².